The van der Waals surface area contributed by atoms with E-state index in [1.54, 1.807) is 0 Å². The Morgan fingerprint density at radius 2 is 2.25 bits per heavy atom. The zero-order chi connectivity index (χ0) is 13.1. The van der Waals surface area contributed by atoms with Gasteiger partial charge in [-0.2, -0.15) is 0 Å². The number of carboxylic acid groups (broad SMARTS) is 1. The van der Waals surface area contributed by atoms with Crippen LogP contribution in [0.4, 0.5) is 0 Å². The highest BCUT2D eigenvalue weighted by Crippen LogP contribution is 1.94. The van der Waals surface area contributed by atoms with Gasteiger partial charge in [0.25, 0.3) is 0 Å². The lowest BCUT2D eigenvalue weighted by molar-refractivity contribution is -0.138. The number of carbonyl (C=O) groups is 1. The maximum absolute atomic E-state index is 10.5. The van der Waals surface area contributed by atoms with Crippen LogP contribution in [0.1, 0.15) is 18.3 Å². The van der Waals surface area contributed by atoms with Gasteiger partial charge in [-0.3, -0.25) is 9.79 Å². The van der Waals surface area contributed by atoms with Crippen molar-refractivity contribution in [1.82, 2.24) is 0 Å². The van der Waals surface area contributed by atoms with E-state index in [0.29, 0.717) is 0 Å². The summed E-state index contributed by atoms with van der Waals surface area (Å²) in [5, 5.41) is 8.54. The third-order valence-corrected chi connectivity index (χ3v) is 0.840. The molecule has 0 unspecified atom stereocenters. The van der Waals surface area contributed by atoms with E-state index in [0.717, 1.165) is 0 Å². The zero-order valence-electron chi connectivity index (χ0n) is 10.3. The lowest BCUT2D eigenvalue weighted by Crippen LogP contribution is -2.30. The predicted molar refractivity (Wildman–Crippen MR) is 45.5 cm³/mol. The number of guanidine groups is 1. The minimum absolute atomic E-state index is 0.475. The van der Waals surface area contributed by atoms with E-state index in [-0.39, 0.29) is 0 Å². The minimum Gasteiger partial charge on any atom is -0.480 e. The second-order valence-corrected chi connectivity index (χ2v) is 1.85. The van der Waals surface area contributed by atoms with Gasteiger partial charge in [0.15, 0.2) is 5.96 Å². The lowest BCUT2D eigenvalue weighted by Gasteiger charge is -2.03. The molecule has 0 bridgehead atoms. The molecule has 0 radical (unpaired) electrons. The fourth-order valence-electron chi connectivity index (χ4n) is 0.341. The molecule has 7 N–H and O–H groups in total. The summed E-state index contributed by atoms with van der Waals surface area (Å²) < 4.78 is 29.3. The molecule has 12 heavy (non-hydrogen) atoms. The molecule has 0 aliphatic heterocycles. The SMILES string of the molecule is [2H][C@H](N=C(N)N)[C@@H]([2H])C([2H])([2H])[C@H](N)C(=O)O. The first-order valence-corrected chi connectivity index (χ1v) is 3.02. The maximum Gasteiger partial charge on any atom is 0.320 e. The van der Waals surface area contributed by atoms with Crippen LogP contribution < -0.4 is 17.2 Å². The van der Waals surface area contributed by atoms with Gasteiger partial charge in [0, 0.05) is 10.6 Å². The van der Waals surface area contributed by atoms with Gasteiger partial charge in [0.2, 0.25) is 0 Å². The van der Waals surface area contributed by atoms with Crippen LogP contribution in [0.25, 0.3) is 0 Å². The molecule has 0 fully saturated rings. The summed E-state index contributed by atoms with van der Waals surface area (Å²) in [4.78, 5) is 13.7. The van der Waals surface area contributed by atoms with Crippen molar-refractivity contribution in [3.8, 4) is 0 Å². The molecule has 0 saturated heterocycles. The molecule has 0 saturated carbocycles. The Labute approximate surface area is 76.1 Å². The molecule has 0 aliphatic carbocycles. The molecule has 70 valence electrons. The Morgan fingerprint density at radius 1 is 1.67 bits per heavy atom. The van der Waals surface area contributed by atoms with Crippen molar-refractivity contribution in [2.45, 2.75) is 18.8 Å². The Kier molecular flexibility index (Phi) is 2.40. The zero-order valence-corrected chi connectivity index (χ0v) is 6.27. The van der Waals surface area contributed by atoms with Crippen molar-refractivity contribution in [3.63, 3.8) is 0 Å². The van der Waals surface area contributed by atoms with Gasteiger partial charge < -0.3 is 22.3 Å². The van der Waals surface area contributed by atoms with Crippen molar-refractivity contribution in [2.24, 2.45) is 22.2 Å². The molecule has 0 amide bonds. The number of nitrogens with zero attached hydrogens (tertiary/aromatic N) is 1. The summed E-state index contributed by atoms with van der Waals surface area (Å²) in [6, 6.07) is -1.92. The van der Waals surface area contributed by atoms with Crippen LogP contribution in [-0.2, 0) is 4.79 Å². The topological polar surface area (TPSA) is 128 Å². The number of hydrogen-bond acceptors (Lipinski definition) is 3. The molecule has 0 spiro atoms. The quantitative estimate of drug-likeness (QED) is 0.299. The Hall–Kier alpha value is -1.30. The summed E-state index contributed by atoms with van der Waals surface area (Å²) in [7, 11) is 0. The highest BCUT2D eigenvalue weighted by molar-refractivity contribution is 5.75. The van der Waals surface area contributed by atoms with E-state index >= 15 is 0 Å². The fraction of sp³-hybridized carbons (Fsp3) is 0.667. The maximum atomic E-state index is 10.5. The molecule has 0 heterocycles. The van der Waals surface area contributed by atoms with Crippen molar-refractivity contribution in [1.29, 1.82) is 0 Å². The van der Waals surface area contributed by atoms with Crippen molar-refractivity contribution in [3.05, 3.63) is 0 Å². The molecule has 0 rings (SSSR count). The van der Waals surface area contributed by atoms with Crippen molar-refractivity contribution >= 4 is 11.9 Å². The number of carboxylic acids is 1. The molecule has 0 aromatic heterocycles. The molecular formula is C6H14N4O2. The minimum atomic E-state index is -2.61. The lowest BCUT2D eigenvalue weighted by atomic mass is 10.2. The van der Waals surface area contributed by atoms with E-state index in [4.69, 9.17) is 27.8 Å². The van der Waals surface area contributed by atoms with Crippen LogP contribution in [-0.4, -0.2) is 29.6 Å². The van der Waals surface area contributed by atoms with E-state index < -0.39 is 37.3 Å². The third kappa shape index (κ3) is 5.48. The number of aliphatic imine (C=N–C) groups is 1. The van der Waals surface area contributed by atoms with Gasteiger partial charge in [-0.1, -0.05) is 0 Å². The first-order valence-electron chi connectivity index (χ1n) is 5.17. The molecule has 0 aliphatic rings. The summed E-state index contributed by atoms with van der Waals surface area (Å²) in [5.74, 6) is -2.07. The number of rotatable bonds is 5. The Balaban J connectivity index is 4.88. The fourth-order valence-corrected chi connectivity index (χ4v) is 0.341. The van der Waals surface area contributed by atoms with Crippen LogP contribution in [0.15, 0.2) is 4.99 Å². The van der Waals surface area contributed by atoms with Crippen LogP contribution in [0, 0.1) is 0 Å². The molecule has 6 heteroatoms. The van der Waals surface area contributed by atoms with Gasteiger partial charge in [-0.25, -0.2) is 0 Å². The average Bonchev–Trinajstić information content (AvgIpc) is 2.13. The van der Waals surface area contributed by atoms with E-state index in [9.17, 15) is 4.79 Å². The first-order chi connectivity index (χ1) is 7.10. The predicted octanol–water partition coefficient (Wildman–Crippen LogP) is -1.55. The number of hydrogen-bond donors (Lipinski definition) is 4. The largest absolute Gasteiger partial charge is 0.480 e. The summed E-state index contributed by atoms with van der Waals surface area (Å²) >= 11 is 0. The Morgan fingerprint density at radius 3 is 2.67 bits per heavy atom. The van der Waals surface area contributed by atoms with E-state index in [2.05, 4.69) is 4.99 Å². The molecular weight excluding hydrogens is 160 g/mol. The van der Waals surface area contributed by atoms with Crippen molar-refractivity contribution < 1.29 is 15.4 Å². The first kappa shape index (κ1) is 5.36. The Bertz CT molecular complexity index is 294. The summed E-state index contributed by atoms with van der Waals surface area (Å²) in [6.07, 6.45) is -4.42. The monoisotopic (exact) mass is 178 g/mol. The van der Waals surface area contributed by atoms with Gasteiger partial charge in [-0.05, 0) is 12.8 Å². The van der Waals surface area contributed by atoms with Crippen LogP contribution in [0.5, 0.6) is 0 Å². The third-order valence-electron chi connectivity index (χ3n) is 0.840. The van der Waals surface area contributed by atoms with Crippen molar-refractivity contribution in [2.75, 3.05) is 6.52 Å². The van der Waals surface area contributed by atoms with Crippen LogP contribution >= 0.6 is 0 Å². The molecule has 6 nitrogen and oxygen atoms in total. The van der Waals surface area contributed by atoms with Gasteiger partial charge in [0.05, 0.1) is 1.37 Å². The van der Waals surface area contributed by atoms with Crippen LogP contribution in [0.3, 0.4) is 0 Å². The van der Waals surface area contributed by atoms with E-state index in [1.807, 2.05) is 0 Å². The number of aliphatic carboxylic acids is 1. The summed E-state index contributed by atoms with van der Waals surface area (Å²) in [6.45, 7) is -1.63. The molecule has 0 aromatic rings. The van der Waals surface area contributed by atoms with Gasteiger partial charge >= 0.3 is 5.97 Å². The average molecular weight is 178 g/mol. The second kappa shape index (κ2) is 5.36. The second-order valence-electron chi connectivity index (χ2n) is 1.85. The van der Waals surface area contributed by atoms with E-state index in [1.165, 1.54) is 0 Å². The van der Waals surface area contributed by atoms with Gasteiger partial charge in [-0.15, -0.1) is 0 Å². The normalized spacial score (nSPS) is 23.4. The molecule has 3 atom stereocenters. The highest BCUT2D eigenvalue weighted by Gasteiger charge is 2.09. The summed E-state index contributed by atoms with van der Waals surface area (Å²) in [5.41, 5.74) is 15.0. The van der Waals surface area contributed by atoms with Gasteiger partial charge in [0.1, 0.15) is 6.04 Å². The molecule has 0 aromatic carbocycles. The number of nitrogens with two attached hydrogens (primary N) is 3. The standard InChI is InChI=1S/C6H14N4O2/c7-4(5(11)12)2-1-3-10-6(8)9/h4H,1-3,7H2,(H,11,12)(H4,8,9,10)/t4-/m0/s1/i1D,2D2,3D/t1-,3-,4-. The highest BCUT2D eigenvalue weighted by atomic mass is 16.4. The van der Waals surface area contributed by atoms with Crippen LogP contribution in [0.2, 0.25) is 0 Å². The smallest absolute Gasteiger partial charge is 0.320 e.